The highest BCUT2D eigenvalue weighted by molar-refractivity contribution is 4.94. The van der Waals surface area contributed by atoms with E-state index >= 15 is 0 Å². The van der Waals surface area contributed by atoms with Crippen LogP contribution in [0, 0.1) is 0 Å². The molecule has 0 saturated heterocycles. The fourth-order valence-corrected chi connectivity index (χ4v) is 2.33. The molecule has 0 bridgehead atoms. The summed E-state index contributed by atoms with van der Waals surface area (Å²) in [5, 5.41) is 3.67. The molecule has 1 fully saturated rings. The van der Waals surface area contributed by atoms with Gasteiger partial charge in [0.1, 0.15) is 0 Å². The van der Waals surface area contributed by atoms with Gasteiger partial charge in [0.05, 0.1) is 0 Å². The van der Waals surface area contributed by atoms with Gasteiger partial charge in [-0.2, -0.15) is 0 Å². The van der Waals surface area contributed by atoms with Crippen molar-refractivity contribution in [1.82, 2.24) is 10.2 Å². The topological polar surface area (TPSA) is 15.3 Å². The van der Waals surface area contributed by atoms with Crippen molar-refractivity contribution in [2.75, 3.05) is 19.6 Å². The zero-order valence-electron chi connectivity index (χ0n) is 9.91. The Hall–Kier alpha value is -0.340. The van der Waals surface area contributed by atoms with E-state index in [9.17, 15) is 0 Å². The molecule has 0 aromatic heterocycles. The maximum absolute atomic E-state index is 3.67. The first-order valence-electron chi connectivity index (χ1n) is 6.52. The van der Waals surface area contributed by atoms with Crippen LogP contribution in [0.1, 0.15) is 39.0 Å². The van der Waals surface area contributed by atoms with E-state index in [1.807, 2.05) is 0 Å². The number of hydrogen-bond acceptors (Lipinski definition) is 2. The van der Waals surface area contributed by atoms with Crippen LogP contribution < -0.4 is 5.32 Å². The monoisotopic (exact) mass is 208 g/mol. The summed E-state index contributed by atoms with van der Waals surface area (Å²) in [6, 6.07) is 1.62. The lowest BCUT2D eigenvalue weighted by molar-refractivity contribution is 0.197. The highest BCUT2D eigenvalue weighted by atomic mass is 15.2. The first-order chi connectivity index (χ1) is 7.40. The molecule has 86 valence electrons. The van der Waals surface area contributed by atoms with Crippen LogP contribution in [0.2, 0.25) is 0 Å². The minimum atomic E-state index is 0.764. The minimum absolute atomic E-state index is 0.764. The highest BCUT2D eigenvalue weighted by Gasteiger charge is 2.24. The maximum atomic E-state index is 3.67. The van der Waals surface area contributed by atoms with Crippen LogP contribution >= 0.6 is 0 Å². The predicted molar refractivity (Wildman–Crippen MR) is 65.1 cm³/mol. The van der Waals surface area contributed by atoms with Crippen molar-refractivity contribution < 1.29 is 0 Å². The molecule has 1 atom stereocenters. The normalized spacial score (nSPS) is 24.3. The van der Waals surface area contributed by atoms with Crippen molar-refractivity contribution in [2.45, 2.75) is 51.1 Å². The summed E-state index contributed by atoms with van der Waals surface area (Å²) in [6.07, 6.45) is 11.3. The van der Waals surface area contributed by atoms with E-state index in [-0.39, 0.29) is 0 Å². The van der Waals surface area contributed by atoms with Crippen LogP contribution in [0.15, 0.2) is 12.2 Å². The van der Waals surface area contributed by atoms with Gasteiger partial charge in [-0.25, -0.2) is 0 Å². The summed E-state index contributed by atoms with van der Waals surface area (Å²) in [5.41, 5.74) is 0. The lowest BCUT2D eigenvalue weighted by atomic mass is 10.1. The second kappa shape index (κ2) is 5.66. The average Bonchev–Trinajstić information content (AvgIpc) is 3.09. The van der Waals surface area contributed by atoms with E-state index in [0.29, 0.717) is 0 Å². The molecule has 0 radical (unpaired) electrons. The van der Waals surface area contributed by atoms with Crippen molar-refractivity contribution in [3.8, 4) is 0 Å². The molecule has 1 unspecified atom stereocenters. The van der Waals surface area contributed by atoms with Gasteiger partial charge >= 0.3 is 0 Å². The van der Waals surface area contributed by atoms with Crippen LogP contribution in [0.4, 0.5) is 0 Å². The Morgan fingerprint density at radius 1 is 1.40 bits per heavy atom. The second-order valence-corrected chi connectivity index (χ2v) is 4.88. The molecule has 0 spiro atoms. The van der Waals surface area contributed by atoms with Crippen LogP contribution in [0.5, 0.6) is 0 Å². The van der Waals surface area contributed by atoms with Gasteiger partial charge in [0.2, 0.25) is 0 Å². The molecule has 0 aromatic carbocycles. The van der Waals surface area contributed by atoms with Gasteiger partial charge in [0, 0.05) is 31.7 Å². The average molecular weight is 208 g/mol. The van der Waals surface area contributed by atoms with E-state index in [4.69, 9.17) is 0 Å². The Morgan fingerprint density at radius 3 is 2.87 bits per heavy atom. The van der Waals surface area contributed by atoms with E-state index in [2.05, 4.69) is 29.3 Å². The van der Waals surface area contributed by atoms with Crippen LogP contribution in [-0.4, -0.2) is 36.6 Å². The fourth-order valence-electron chi connectivity index (χ4n) is 2.33. The van der Waals surface area contributed by atoms with Crippen LogP contribution in [0.3, 0.4) is 0 Å². The number of rotatable bonds is 6. The molecule has 2 heteroatoms. The standard InChI is InChI=1S/C13H24N2/c1-2-6-13(11-14-12-7-8-12)15-9-4-3-5-10-15/h3-4,12-14H,2,5-11H2,1H3. The highest BCUT2D eigenvalue weighted by Crippen LogP contribution is 2.19. The van der Waals surface area contributed by atoms with E-state index in [0.717, 1.165) is 18.6 Å². The lowest BCUT2D eigenvalue weighted by Gasteiger charge is -2.32. The summed E-state index contributed by atoms with van der Waals surface area (Å²) >= 11 is 0. The number of nitrogens with one attached hydrogen (secondary N) is 1. The molecule has 15 heavy (non-hydrogen) atoms. The summed E-state index contributed by atoms with van der Waals surface area (Å²) in [4.78, 5) is 2.64. The molecule has 0 amide bonds. The molecule has 1 heterocycles. The Bertz CT molecular complexity index is 209. The third-order valence-corrected chi connectivity index (χ3v) is 3.45. The molecule has 1 N–H and O–H groups in total. The Kier molecular flexibility index (Phi) is 4.21. The molecule has 1 aliphatic heterocycles. The van der Waals surface area contributed by atoms with Gasteiger partial charge in [-0.15, -0.1) is 0 Å². The number of hydrogen-bond donors (Lipinski definition) is 1. The van der Waals surface area contributed by atoms with Crippen LogP contribution in [-0.2, 0) is 0 Å². The van der Waals surface area contributed by atoms with Crippen molar-refractivity contribution in [2.24, 2.45) is 0 Å². The predicted octanol–water partition coefficient (Wildman–Crippen LogP) is 2.17. The Labute approximate surface area is 93.7 Å². The molecule has 0 aromatic rings. The SMILES string of the molecule is CCCC(CNC1CC1)N1CC=CCC1. The van der Waals surface area contributed by atoms with Crippen molar-refractivity contribution in [1.29, 1.82) is 0 Å². The minimum Gasteiger partial charge on any atom is -0.312 e. The first-order valence-corrected chi connectivity index (χ1v) is 6.52. The van der Waals surface area contributed by atoms with Crippen molar-refractivity contribution in [3.05, 3.63) is 12.2 Å². The maximum Gasteiger partial charge on any atom is 0.0224 e. The second-order valence-electron chi connectivity index (χ2n) is 4.88. The lowest BCUT2D eigenvalue weighted by Crippen LogP contribution is -2.44. The van der Waals surface area contributed by atoms with Crippen LogP contribution in [0.25, 0.3) is 0 Å². The van der Waals surface area contributed by atoms with E-state index in [1.54, 1.807) is 0 Å². The third-order valence-electron chi connectivity index (χ3n) is 3.45. The largest absolute Gasteiger partial charge is 0.312 e. The summed E-state index contributed by atoms with van der Waals surface area (Å²) in [5.74, 6) is 0. The first kappa shape index (κ1) is 11.2. The zero-order chi connectivity index (χ0) is 10.5. The Morgan fingerprint density at radius 2 is 2.27 bits per heavy atom. The van der Waals surface area contributed by atoms with Crippen molar-refractivity contribution >= 4 is 0 Å². The molecular weight excluding hydrogens is 184 g/mol. The summed E-state index contributed by atoms with van der Waals surface area (Å²) in [6.45, 7) is 5.92. The molecule has 2 aliphatic rings. The van der Waals surface area contributed by atoms with E-state index < -0.39 is 0 Å². The quantitative estimate of drug-likeness (QED) is 0.673. The molecule has 2 nitrogen and oxygen atoms in total. The zero-order valence-corrected chi connectivity index (χ0v) is 9.91. The smallest absolute Gasteiger partial charge is 0.0224 e. The van der Waals surface area contributed by atoms with Gasteiger partial charge < -0.3 is 5.32 Å². The third kappa shape index (κ3) is 3.62. The molecule has 1 aliphatic carbocycles. The molecule has 2 rings (SSSR count). The van der Waals surface area contributed by atoms with Gasteiger partial charge in [-0.3, -0.25) is 4.90 Å². The van der Waals surface area contributed by atoms with Gasteiger partial charge in [-0.05, 0) is 25.7 Å². The molecule has 1 saturated carbocycles. The van der Waals surface area contributed by atoms with Gasteiger partial charge in [-0.1, -0.05) is 25.5 Å². The van der Waals surface area contributed by atoms with E-state index in [1.165, 1.54) is 45.2 Å². The number of nitrogens with zero attached hydrogens (tertiary/aromatic N) is 1. The fraction of sp³-hybridized carbons (Fsp3) is 0.846. The Balaban J connectivity index is 1.77. The van der Waals surface area contributed by atoms with Gasteiger partial charge in [0.25, 0.3) is 0 Å². The summed E-state index contributed by atoms with van der Waals surface area (Å²) in [7, 11) is 0. The summed E-state index contributed by atoms with van der Waals surface area (Å²) < 4.78 is 0. The molecular formula is C13H24N2. The van der Waals surface area contributed by atoms with Gasteiger partial charge in [0.15, 0.2) is 0 Å². The van der Waals surface area contributed by atoms with Crippen molar-refractivity contribution in [3.63, 3.8) is 0 Å².